The van der Waals surface area contributed by atoms with Gasteiger partial charge in [-0.05, 0) is 18.2 Å². The molecule has 6 heteroatoms. The van der Waals surface area contributed by atoms with Crippen molar-refractivity contribution < 1.29 is 30.0 Å². The summed E-state index contributed by atoms with van der Waals surface area (Å²) in [7, 11) is 1.19. The minimum absolute atomic E-state index is 0.0544. The highest BCUT2D eigenvalue weighted by atomic mass is 16.5. The van der Waals surface area contributed by atoms with E-state index >= 15 is 0 Å². The number of methoxy groups -OCH3 is 1. The molecule has 0 aliphatic carbocycles. The second kappa shape index (κ2) is 5.72. The van der Waals surface area contributed by atoms with Gasteiger partial charge in [-0.15, -0.1) is 0 Å². The lowest BCUT2D eigenvalue weighted by Crippen LogP contribution is -2.06. The molecule has 0 heterocycles. The lowest BCUT2D eigenvalue weighted by molar-refractivity contribution is 0.0601. The second-order valence-electron chi connectivity index (χ2n) is 4.31. The number of benzene rings is 2. The van der Waals surface area contributed by atoms with Gasteiger partial charge in [0.25, 0.3) is 0 Å². The first-order valence-corrected chi connectivity index (χ1v) is 6.06. The summed E-state index contributed by atoms with van der Waals surface area (Å²) in [4.78, 5) is 11.9. The minimum atomic E-state index is -0.692. The third kappa shape index (κ3) is 2.48. The van der Waals surface area contributed by atoms with Crippen molar-refractivity contribution in [2.24, 2.45) is 0 Å². The Kier molecular flexibility index (Phi) is 4.00. The Hall–Kier alpha value is -2.73. The van der Waals surface area contributed by atoms with Crippen molar-refractivity contribution in [3.8, 4) is 28.4 Å². The van der Waals surface area contributed by atoms with Gasteiger partial charge in [-0.3, -0.25) is 0 Å². The Morgan fingerprint density at radius 2 is 1.81 bits per heavy atom. The quantitative estimate of drug-likeness (QED) is 0.507. The average molecular weight is 290 g/mol. The number of aromatic hydroxyl groups is 3. The van der Waals surface area contributed by atoms with Crippen LogP contribution in [0, 0.1) is 0 Å². The van der Waals surface area contributed by atoms with E-state index in [1.807, 2.05) is 0 Å². The Morgan fingerprint density at radius 3 is 2.43 bits per heavy atom. The van der Waals surface area contributed by atoms with Crippen LogP contribution in [0.3, 0.4) is 0 Å². The number of ether oxygens (including phenoxy) is 1. The second-order valence-corrected chi connectivity index (χ2v) is 4.31. The summed E-state index contributed by atoms with van der Waals surface area (Å²) in [6.45, 7) is -0.554. The molecule has 0 aliphatic heterocycles. The largest absolute Gasteiger partial charge is 0.508 e. The summed E-state index contributed by atoms with van der Waals surface area (Å²) in [5.41, 5.74) is 0.326. The van der Waals surface area contributed by atoms with Crippen molar-refractivity contribution in [2.75, 3.05) is 7.11 Å². The predicted octanol–water partition coefficient (Wildman–Crippen LogP) is 1.75. The summed E-state index contributed by atoms with van der Waals surface area (Å²) in [5, 5.41) is 38.8. The summed E-state index contributed by atoms with van der Waals surface area (Å²) in [6, 6.07) is 6.77. The summed E-state index contributed by atoms with van der Waals surface area (Å²) >= 11 is 0. The van der Waals surface area contributed by atoms with E-state index in [1.54, 1.807) is 0 Å². The number of hydrogen-bond acceptors (Lipinski definition) is 6. The first-order valence-electron chi connectivity index (χ1n) is 6.06. The first kappa shape index (κ1) is 14.7. The monoisotopic (exact) mass is 290 g/mol. The Morgan fingerprint density at radius 1 is 1.10 bits per heavy atom. The van der Waals surface area contributed by atoms with E-state index in [0.29, 0.717) is 0 Å². The highest BCUT2D eigenvalue weighted by Gasteiger charge is 2.22. The van der Waals surface area contributed by atoms with Crippen LogP contribution >= 0.6 is 0 Å². The number of para-hydroxylation sites is 1. The highest BCUT2D eigenvalue weighted by molar-refractivity contribution is 6.00. The van der Waals surface area contributed by atoms with Crippen LogP contribution in [0.4, 0.5) is 0 Å². The summed E-state index contributed by atoms with van der Waals surface area (Å²) in [6.07, 6.45) is 0. The van der Waals surface area contributed by atoms with Gasteiger partial charge in [0, 0.05) is 16.7 Å². The zero-order valence-corrected chi connectivity index (χ0v) is 11.2. The van der Waals surface area contributed by atoms with Crippen molar-refractivity contribution >= 4 is 5.97 Å². The molecule has 0 amide bonds. The average Bonchev–Trinajstić information content (AvgIpc) is 2.49. The fourth-order valence-electron chi connectivity index (χ4n) is 2.12. The van der Waals surface area contributed by atoms with Gasteiger partial charge in [-0.25, -0.2) is 4.79 Å². The fourth-order valence-corrected chi connectivity index (χ4v) is 2.12. The van der Waals surface area contributed by atoms with E-state index in [1.165, 1.54) is 37.4 Å². The number of carbonyl (C=O) groups excluding carboxylic acids is 1. The molecule has 6 nitrogen and oxygen atoms in total. The smallest absolute Gasteiger partial charge is 0.338 e. The molecule has 21 heavy (non-hydrogen) atoms. The van der Waals surface area contributed by atoms with Gasteiger partial charge in [0.15, 0.2) is 11.5 Å². The van der Waals surface area contributed by atoms with Crippen LogP contribution < -0.4 is 0 Å². The lowest BCUT2D eigenvalue weighted by Gasteiger charge is -2.15. The maximum absolute atomic E-state index is 11.9. The SMILES string of the molecule is COC(=O)c1ccc(O)c(CO)c1-c1cccc(O)c1O. The third-order valence-corrected chi connectivity index (χ3v) is 3.14. The van der Waals surface area contributed by atoms with Crippen LogP contribution in [-0.4, -0.2) is 33.5 Å². The molecular formula is C15H14O6. The lowest BCUT2D eigenvalue weighted by atomic mass is 9.93. The number of esters is 1. The minimum Gasteiger partial charge on any atom is -0.508 e. The normalized spacial score (nSPS) is 10.4. The maximum Gasteiger partial charge on any atom is 0.338 e. The van der Waals surface area contributed by atoms with Crippen LogP contribution in [0.5, 0.6) is 17.2 Å². The summed E-state index contributed by atoms with van der Waals surface area (Å²) < 4.78 is 4.66. The Labute approximate surface area is 120 Å². The number of hydrogen-bond donors (Lipinski definition) is 4. The number of aliphatic hydroxyl groups excluding tert-OH is 1. The van der Waals surface area contributed by atoms with E-state index < -0.39 is 18.3 Å². The number of carbonyl (C=O) groups is 1. The number of rotatable bonds is 3. The van der Waals surface area contributed by atoms with E-state index in [0.717, 1.165) is 0 Å². The highest BCUT2D eigenvalue weighted by Crippen LogP contribution is 2.42. The molecule has 0 radical (unpaired) electrons. The van der Waals surface area contributed by atoms with Crippen molar-refractivity contribution in [3.63, 3.8) is 0 Å². The Balaban J connectivity index is 2.84. The van der Waals surface area contributed by atoms with Crippen LogP contribution in [0.15, 0.2) is 30.3 Å². The molecule has 0 saturated carbocycles. The molecule has 0 aromatic heterocycles. The standard InChI is InChI=1S/C15H14O6/c1-21-15(20)9-5-6-11(17)10(7-16)13(9)8-3-2-4-12(18)14(8)19/h2-6,16-19H,7H2,1H3. The van der Waals surface area contributed by atoms with Gasteiger partial charge in [0.05, 0.1) is 19.3 Å². The van der Waals surface area contributed by atoms with Gasteiger partial charge in [0.1, 0.15) is 5.75 Å². The molecule has 0 saturated heterocycles. The van der Waals surface area contributed by atoms with Crippen molar-refractivity contribution in [1.82, 2.24) is 0 Å². The molecule has 4 N–H and O–H groups in total. The topological polar surface area (TPSA) is 107 Å². The molecule has 0 spiro atoms. The third-order valence-electron chi connectivity index (χ3n) is 3.14. The number of phenols is 3. The van der Waals surface area contributed by atoms with E-state index in [4.69, 9.17) is 0 Å². The first-order chi connectivity index (χ1) is 10.0. The molecule has 0 aliphatic rings. The van der Waals surface area contributed by atoms with Crippen LogP contribution in [0.1, 0.15) is 15.9 Å². The zero-order chi connectivity index (χ0) is 15.6. The molecule has 2 rings (SSSR count). The number of phenolic OH excluding ortho intramolecular Hbond substituents is 2. The fraction of sp³-hybridized carbons (Fsp3) is 0.133. The summed E-state index contributed by atoms with van der Waals surface area (Å²) in [5.74, 6) is -1.76. The van der Waals surface area contributed by atoms with Crippen LogP contribution in [0.2, 0.25) is 0 Å². The zero-order valence-electron chi connectivity index (χ0n) is 11.2. The van der Waals surface area contributed by atoms with E-state index in [2.05, 4.69) is 4.74 Å². The molecule has 2 aromatic carbocycles. The molecule has 0 atom stereocenters. The maximum atomic E-state index is 11.9. The molecule has 0 unspecified atom stereocenters. The van der Waals surface area contributed by atoms with E-state index in [9.17, 15) is 25.2 Å². The van der Waals surface area contributed by atoms with Crippen LogP contribution in [0.25, 0.3) is 11.1 Å². The van der Waals surface area contributed by atoms with E-state index in [-0.39, 0.29) is 33.8 Å². The molecular weight excluding hydrogens is 276 g/mol. The number of aliphatic hydroxyl groups is 1. The van der Waals surface area contributed by atoms with Crippen molar-refractivity contribution in [2.45, 2.75) is 6.61 Å². The van der Waals surface area contributed by atoms with Crippen molar-refractivity contribution in [1.29, 1.82) is 0 Å². The molecule has 0 fully saturated rings. The Bertz CT molecular complexity index is 693. The van der Waals surface area contributed by atoms with Gasteiger partial charge >= 0.3 is 5.97 Å². The molecule has 0 bridgehead atoms. The van der Waals surface area contributed by atoms with Crippen molar-refractivity contribution in [3.05, 3.63) is 41.5 Å². The molecule has 110 valence electrons. The van der Waals surface area contributed by atoms with Gasteiger partial charge in [-0.1, -0.05) is 12.1 Å². The van der Waals surface area contributed by atoms with Gasteiger partial charge in [0.2, 0.25) is 0 Å². The van der Waals surface area contributed by atoms with Gasteiger partial charge < -0.3 is 25.2 Å². The van der Waals surface area contributed by atoms with Crippen LogP contribution in [-0.2, 0) is 11.3 Å². The predicted molar refractivity (Wildman–Crippen MR) is 74.1 cm³/mol. The molecule has 2 aromatic rings. The van der Waals surface area contributed by atoms with Gasteiger partial charge in [-0.2, -0.15) is 0 Å².